The second-order valence-electron chi connectivity index (χ2n) is 5.32. The van der Waals surface area contributed by atoms with Crippen molar-refractivity contribution in [3.05, 3.63) is 41.6 Å². The third kappa shape index (κ3) is 3.53. The minimum atomic E-state index is -4.18. The van der Waals surface area contributed by atoms with Crippen molar-refractivity contribution in [1.29, 1.82) is 0 Å². The zero-order chi connectivity index (χ0) is 17.2. The Bertz CT molecular complexity index is 800. The Hall–Kier alpha value is -1.93. The van der Waals surface area contributed by atoms with Crippen LogP contribution in [0.2, 0.25) is 0 Å². The summed E-state index contributed by atoms with van der Waals surface area (Å²) in [7, 11) is -4.18. The predicted octanol–water partition coefficient (Wildman–Crippen LogP) is 2.39. The van der Waals surface area contributed by atoms with Crippen LogP contribution < -0.4 is 9.92 Å². The van der Waals surface area contributed by atoms with E-state index in [1.165, 1.54) is 18.2 Å². The third-order valence-corrected chi connectivity index (χ3v) is 4.52. The van der Waals surface area contributed by atoms with Gasteiger partial charge in [0.05, 0.1) is 12.2 Å². The number of imidazole rings is 1. The molecule has 0 aliphatic rings. The van der Waals surface area contributed by atoms with Crippen LogP contribution in [-0.4, -0.2) is 18.0 Å². The van der Waals surface area contributed by atoms with E-state index in [0.29, 0.717) is 18.1 Å². The summed E-state index contributed by atoms with van der Waals surface area (Å²) in [6.07, 6.45) is 0. The van der Waals surface area contributed by atoms with Crippen LogP contribution in [0.4, 0.5) is 4.39 Å². The van der Waals surface area contributed by atoms with Crippen molar-refractivity contribution in [2.75, 3.05) is 0 Å². The maximum atomic E-state index is 13.2. The maximum Gasteiger partial charge on any atom is 0.358 e. The monoisotopic (exact) mass is 341 g/mol. The zero-order valence-corrected chi connectivity index (χ0v) is 14.1. The van der Waals surface area contributed by atoms with Crippen LogP contribution in [0.15, 0.2) is 29.3 Å². The molecule has 2 rings (SSSR count). The quantitative estimate of drug-likeness (QED) is 0.815. The third-order valence-electron chi connectivity index (χ3n) is 3.34. The molecule has 23 heavy (non-hydrogen) atoms. The molecule has 1 aromatic heterocycles. The molecule has 0 spiro atoms. The Morgan fingerprint density at radius 2 is 2.09 bits per heavy atom. The van der Waals surface area contributed by atoms with Gasteiger partial charge in [-0.15, -0.1) is 0 Å². The lowest BCUT2D eigenvalue weighted by atomic mass is 10.1. The van der Waals surface area contributed by atoms with Gasteiger partial charge >= 0.3 is 10.1 Å². The van der Waals surface area contributed by atoms with Crippen LogP contribution in [0.3, 0.4) is 0 Å². The molecule has 0 atom stereocenters. The minimum absolute atomic E-state index is 0.0939. The SMILES string of the molecule is CCn1c(CN)nc(S(=O)(=O)Oc2cccc(F)c2)c1C(C)C. The molecule has 8 heteroatoms. The molecule has 126 valence electrons. The Labute approximate surface area is 135 Å². The summed E-state index contributed by atoms with van der Waals surface area (Å²) >= 11 is 0. The molecule has 0 aliphatic heterocycles. The molecule has 0 bridgehead atoms. The van der Waals surface area contributed by atoms with Crippen LogP contribution in [0, 0.1) is 5.82 Å². The molecule has 0 saturated heterocycles. The number of nitrogens with zero attached hydrogens (tertiary/aromatic N) is 2. The molecule has 0 saturated carbocycles. The molecule has 0 fully saturated rings. The molecule has 1 heterocycles. The number of benzene rings is 1. The molecular weight excluding hydrogens is 321 g/mol. The highest BCUT2D eigenvalue weighted by atomic mass is 32.2. The predicted molar refractivity (Wildman–Crippen MR) is 84.1 cm³/mol. The van der Waals surface area contributed by atoms with E-state index in [2.05, 4.69) is 4.98 Å². The smallest absolute Gasteiger partial charge is 0.358 e. The molecule has 0 radical (unpaired) electrons. The summed E-state index contributed by atoms with van der Waals surface area (Å²) in [5, 5.41) is -0.168. The van der Waals surface area contributed by atoms with Gasteiger partial charge in [-0.25, -0.2) is 9.37 Å². The van der Waals surface area contributed by atoms with Crippen molar-refractivity contribution >= 4 is 10.1 Å². The highest BCUT2D eigenvalue weighted by molar-refractivity contribution is 7.87. The fourth-order valence-electron chi connectivity index (χ4n) is 2.43. The lowest BCUT2D eigenvalue weighted by molar-refractivity contribution is 0.477. The summed E-state index contributed by atoms with van der Waals surface area (Å²) < 4.78 is 45.2. The fraction of sp³-hybridized carbons (Fsp3) is 0.400. The number of rotatable bonds is 6. The molecular formula is C15H20FN3O3S. The topological polar surface area (TPSA) is 87.2 Å². The average Bonchev–Trinajstić information content (AvgIpc) is 2.86. The van der Waals surface area contributed by atoms with Gasteiger partial charge in [0.2, 0.25) is 5.03 Å². The standard InChI is InChI=1S/C15H20FN3O3S/c1-4-19-13(9-17)18-15(14(19)10(2)3)23(20,21)22-12-7-5-6-11(16)8-12/h5-8,10H,4,9,17H2,1-3H3. The van der Waals surface area contributed by atoms with E-state index in [0.717, 1.165) is 6.07 Å². The van der Waals surface area contributed by atoms with Gasteiger partial charge in [0, 0.05) is 12.6 Å². The van der Waals surface area contributed by atoms with E-state index in [1.807, 2.05) is 20.8 Å². The molecule has 2 N–H and O–H groups in total. The summed E-state index contributed by atoms with van der Waals surface area (Å²) in [6.45, 7) is 6.28. The summed E-state index contributed by atoms with van der Waals surface area (Å²) in [5.74, 6) is -0.301. The summed E-state index contributed by atoms with van der Waals surface area (Å²) in [6, 6.07) is 4.96. The molecule has 0 aliphatic carbocycles. The van der Waals surface area contributed by atoms with Gasteiger partial charge in [0.25, 0.3) is 0 Å². The first-order valence-electron chi connectivity index (χ1n) is 7.29. The van der Waals surface area contributed by atoms with Crippen LogP contribution in [0.1, 0.15) is 38.2 Å². The van der Waals surface area contributed by atoms with Crippen molar-refractivity contribution in [3.63, 3.8) is 0 Å². The van der Waals surface area contributed by atoms with E-state index >= 15 is 0 Å². The van der Waals surface area contributed by atoms with Crippen molar-refractivity contribution in [2.24, 2.45) is 5.73 Å². The average molecular weight is 341 g/mol. The van der Waals surface area contributed by atoms with Crippen molar-refractivity contribution < 1.29 is 17.0 Å². The minimum Gasteiger partial charge on any atom is -0.378 e. The first kappa shape index (κ1) is 17.4. The summed E-state index contributed by atoms with van der Waals surface area (Å²) in [5.41, 5.74) is 6.19. The van der Waals surface area contributed by atoms with Gasteiger partial charge in [0.1, 0.15) is 17.4 Å². The Morgan fingerprint density at radius 3 is 2.61 bits per heavy atom. The van der Waals surface area contributed by atoms with E-state index in [9.17, 15) is 12.8 Å². The number of halogens is 1. The largest absolute Gasteiger partial charge is 0.378 e. The van der Waals surface area contributed by atoms with Gasteiger partial charge in [0.15, 0.2) is 0 Å². The second-order valence-corrected chi connectivity index (χ2v) is 6.78. The van der Waals surface area contributed by atoms with Crippen molar-refractivity contribution in [1.82, 2.24) is 9.55 Å². The highest BCUT2D eigenvalue weighted by Gasteiger charge is 2.29. The Kier molecular flexibility index (Phi) is 5.06. The lowest BCUT2D eigenvalue weighted by Gasteiger charge is -2.13. The first-order chi connectivity index (χ1) is 10.8. The number of nitrogens with two attached hydrogens (primary N) is 1. The lowest BCUT2D eigenvalue weighted by Crippen LogP contribution is -2.15. The number of hydrogen-bond acceptors (Lipinski definition) is 5. The maximum absolute atomic E-state index is 13.2. The molecule has 1 aromatic carbocycles. The first-order valence-corrected chi connectivity index (χ1v) is 8.70. The molecule has 2 aromatic rings. The molecule has 0 amide bonds. The number of aromatic nitrogens is 2. The molecule has 0 unspecified atom stereocenters. The number of hydrogen-bond donors (Lipinski definition) is 1. The van der Waals surface area contributed by atoms with Crippen LogP contribution in [-0.2, 0) is 23.2 Å². The summed E-state index contributed by atoms with van der Waals surface area (Å²) in [4.78, 5) is 4.14. The van der Waals surface area contributed by atoms with Crippen molar-refractivity contribution in [3.8, 4) is 5.75 Å². The van der Waals surface area contributed by atoms with Gasteiger partial charge in [-0.1, -0.05) is 19.9 Å². The Morgan fingerprint density at radius 1 is 1.39 bits per heavy atom. The zero-order valence-electron chi connectivity index (χ0n) is 13.3. The van der Waals surface area contributed by atoms with Gasteiger partial charge < -0.3 is 14.5 Å². The van der Waals surface area contributed by atoms with Crippen LogP contribution in [0.5, 0.6) is 5.75 Å². The van der Waals surface area contributed by atoms with Gasteiger partial charge in [-0.2, -0.15) is 8.42 Å². The fourth-order valence-corrected chi connectivity index (χ4v) is 3.68. The van der Waals surface area contributed by atoms with E-state index in [-0.39, 0.29) is 23.2 Å². The second kappa shape index (κ2) is 6.67. The van der Waals surface area contributed by atoms with Crippen LogP contribution in [0.25, 0.3) is 0 Å². The molecule has 6 nitrogen and oxygen atoms in total. The van der Waals surface area contributed by atoms with E-state index in [4.69, 9.17) is 9.92 Å². The normalized spacial score (nSPS) is 11.9. The van der Waals surface area contributed by atoms with Gasteiger partial charge in [-0.05, 0) is 25.0 Å². The van der Waals surface area contributed by atoms with Crippen LogP contribution >= 0.6 is 0 Å². The Balaban J connectivity index is 2.53. The highest BCUT2D eigenvalue weighted by Crippen LogP contribution is 2.27. The van der Waals surface area contributed by atoms with Crippen molar-refractivity contribution in [2.45, 2.75) is 44.8 Å². The van der Waals surface area contributed by atoms with E-state index in [1.54, 1.807) is 4.57 Å². The van der Waals surface area contributed by atoms with Gasteiger partial charge in [-0.3, -0.25) is 0 Å². The van der Waals surface area contributed by atoms with E-state index < -0.39 is 15.9 Å².